The molecule has 0 atom stereocenters. The van der Waals surface area contributed by atoms with Gasteiger partial charge in [0.1, 0.15) is 0 Å². The molecule has 0 bridgehead atoms. The second-order valence-corrected chi connectivity index (χ2v) is 5.87. The van der Waals surface area contributed by atoms with Gasteiger partial charge < -0.3 is 11.1 Å². The molecule has 2 aromatic rings. The van der Waals surface area contributed by atoms with Crippen LogP contribution in [0.15, 0.2) is 34.8 Å². The lowest BCUT2D eigenvalue weighted by molar-refractivity contribution is 0.102. The summed E-state index contributed by atoms with van der Waals surface area (Å²) >= 11 is 15.2. The number of rotatable bonds is 2. The highest BCUT2D eigenvalue weighted by molar-refractivity contribution is 9.10. The number of carbonyl (C=O) groups excluding carboxylic acids is 1. The average molecular weight is 374 g/mol. The maximum Gasteiger partial charge on any atom is 0.255 e. The van der Waals surface area contributed by atoms with Gasteiger partial charge in [-0.2, -0.15) is 0 Å². The molecule has 6 heteroatoms. The zero-order chi connectivity index (χ0) is 14.9. The molecule has 0 aliphatic rings. The highest BCUT2D eigenvalue weighted by atomic mass is 79.9. The Balaban J connectivity index is 2.31. The fourth-order valence-electron chi connectivity index (χ4n) is 1.68. The van der Waals surface area contributed by atoms with Gasteiger partial charge in [-0.05, 0) is 36.8 Å². The van der Waals surface area contributed by atoms with Crippen molar-refractivity contribution in [1.82, 2.24) is 0 Å². The summed E-state index contributed by atoms with van der Waals surface area (Å²) in [5.74, 6) is -0.295. The molecule has 1 amide bonds. The number of hydrogen-bond acceptors (Lipinski definition) is 2. The third-order valence-electron chi connectivity index (χ3n) is 2.83. The molecule has 2 aromatic carbocycles. The van der Waals surface area contributed by atoms with E-state index in [1.807, 2.05) is 25.1 Å². The Labute approximate surface area is 135 Å². The molecule has 0 unspecified atom stereocenters. The van der Waals surface area contributed by atoms with Crippen LogP contribution in [-0.4, -0.2) is 5.91 Å². The van der Waals surface area contributed by atoms with Crippen LogP contribution in [-0.2, 0) is 0 Å². The molecular formula is C14H11BrCl2N2O. The maximum absolute atomic E-state index is 12.2. The minimum atomic E-state index is -0.295. The zero-order valence-corrected chi connectivity index (χ0v) is 13.6. The van der Waals surface area contributed by atoms with Gasteiger partial charge in [-0.25, -0.2) is 0 Å². The van der Waals surface area contributed by atoms with Crippen LogP contribution >= 0.6 is 39.1 Å². The van der Waals surface area contributed by atoms with E-state index in [2.05, 4.69) is 21.2 Å². The highest BCUT2D eigenvalue weighted by Crippen LogP contribution is 2.30. The van der Waals surface area contributed by atoms with Crippen molar-refractivity contribution >= 4 is 56.4 Å². The molecule has 0 aliphatic carbocycles. The number of nitrogens with two attached hydrogens (primary N) is 1. The van der Waals surface area contributed by atoms with Crippen LogP contribution in [0.5, 0.6) is 0 Å². The van der Waals surface area contributed by atoms with Crippen molar-refractivity contribution in [3.63, 3.8) is 0 Å². The number of nitrogens with one attached hydrogen (secondary N) is 1. The van der Waals surface area contributed by atoms with E-state index in [0.717, 1.165) is 10.0 Å². The van der Waals surface area contributed by atoms with E-state index in [4.69, 9.17) is 28.9 Å². The Hall–Kier alpha value is -1.23. The molecule has 0 saturated carbocycles. The van der Waals surface area contributed by atoms with E-state index >= 15 is 0 Å². The van der Waals surface area contributed by atoms with Gasteiger partial charge in [0.15, 0.2) is 0 Å². The van der Waals surface area contributed by atoms with Crippen molar-refractivity contribution < 1.29 is 4.79 Å². The first-order chi connectivity index (χ1) is 9.40. The largest absolute Gasteiger partial charge is 0.397 e. The summed E-state index contributed by atoms with van der Waals surface area (Å²) in [6.07, 6.45) is 0. The molecule has 104 valence electrons. The van der Waals surface area contributed by atoms with E-state index < -0.39 is 0 Å². The molecule has 0 saturated heterocycles. The van der Waals surface area contributed by atoms with E-state index in [-0.39, 0.29) is 21.6 Å². The number of benzene rings is 2. The molecule has 3 N–H and O–H groups in total. The molecule has 0 radical (unpaired) electrons. The van der Waals surface area contributed by atoms with E-state index in [1.54, 1.807) is 0 Å². The first kappa shape index (κ1) is 15.2. The number of hydrogen-bond donors (Lipinski definition) is 2. The lowest BCUT2D eigenvalue weighted by atomic mass is 10.1. The van der Waals surface area contributed by atoms with E-state index in [1.165, 1.54) is 12.1 Å². The van der Waals surface area contributed by atoms with E-state index in [9.17, 15) is 4.79 Å². The predicted octanol–water partition coefficient (Wildman–Crippen LogP) is 4.90. The smallest absolute Gasteiger partial charge is 0.255 e. The van der Waals surface area contributed by atoms with Crippen LogP contribution in [0.3, 0.4) is 0 Å². The minimum absolute atomic E-state index is 0.252. The predicted molar refractivity (Wildman–Crippen MR) is 87.7 cm³/mol. The summed E-state index contributed by atoms with van der Waals surface area (Å²) in [4.78, 5) is 12.2. The Bertz CT molecular complexity index is 666. The number of carbonyl (C=O) groups is 1. The van der Waals surface area contributed by atoms with Crippen molar-refractivity contribution in [1.29, 1.82) is 0 Å². The van der Waals surface area contributed by atoms with Gasteiger partial charge in [-0.1, -0.05) is 45.2 Å². The lowest BCUT2D eigenvalue weighted by Gasteiger charge is -2.11. The molecular weight excluding hydrogens is 363 g/mol. The molecule has 0 aliphatic heterocycles. The molecule has 0 aromatic heterocycles. The summed E-state index contributed by atoms with van der Waals surface area (Å²) < 4.78 is 0.920. The van der Waals surface area contributed by atoms with Crippen LogP contribution in [0.1, 0.15) is 15.9 Å². The Morgan fingerprint density at radius 1 is 1.30 bits per heavy atom. The lowest BCUT2D eigenvalue weighted by Crippen LogP contribution is -2.13. The highest BCUT2D eigenvalue weighted by Gasteiger charge is 2.13. The summed E-state index contributed by atoms with van der Waals surface area (Å²) in [7, 11) is 0. The van der Waals surface area contributed by atoms with Gasteiger partial charge >= 0.3 is 0 Å². The van der Waals surface area contributed by atoms with Gasteiger partial charge in [0.25, 0.3) is 5.91 Å². The topological polar surface area (TPSA) is 55.1 Å². The minimum Gasteiger partial charge on any atom is -0.397 e. The standard InChI is InChI=1S/C14H11BrCl2N2O/c1-7-9(15)3-2-4-12(7)19-14(20)8-5-10(16)13(17)11(18)6-8/h2-6H,18H2,1H3,(H,19,20). The first-order valence-electron chi connectivity index (χ1n) is 5.71. The monoisotopic (exact) mass is 372 g/mol. The van der Waals surface area contributed by atoms with Crippen LogP contribution in [0.25, 0.3) is 0 Å². The van der Waals surface area contributed by atoms with E-state index in [0.29, 0.717) is 11.3 Å². The summed E-state index contributed by atoms with van der Waals surface area (Å²) in [5.41, 5.74) is 7.99. The van der Waals surface area contributed by atoms with Crippen molar-refractivity contribution in [3.05, 3.63) is 56.0 Å². The molecule has 0 spiro atoms. The second-order valence-electron chi connectivity index (χ2n) is 4.23. The number of halogens is 3. The molecule has 3 nitrogen and oxygen atoms in total. The fraction of sp³-hybridized carbons (Fsp3) is 0.0714. The van der Waals surface area contributed by atoms with Crippen LogP contribution in [0.2, 0.25) is 10.0 Å². The molecule has 0 heterocycles. The van der Waals surface area contributed by atoms with Crippen molar-refractivity contribution in [2.75, 3.05) is 11.1 Å². The fourth-order valence-corrected chi connectivity index (χ4v) is 2.38. The molecule has 2 rings (SSSR count). The SMILES string of the molecule is Cc1c(Br)cccc1NC(=O)c1cc(N)c(Cl)c(Cl)c1. The number of anilines is 2. The van der Waals surface area contributed by atoms with Gasteiger partial charge in [-0.3, -0.25) is 4.79 Å². The van der Waals surface area contributed by atoms with Crippen molar-refractivity contribution in [3.8, 4) is 0 Å². The van der Waals surface area contributed by atoms with Crippen molar-refractivity contribution in [2.45, 2.75) is 6.92 Å². The van der Waals surface area contributed by atoms with Gasteiger partial charge in [0.05, 0.1) is 15.7 Å². The normalized spacial score (nSPS) is 10.4. The average Bonchev–Trinajstić information content (AvgIpc) is 2.40. The maximum atomic E-state index is 12.2. The first-order valence-corrected chi connectivity index (χ1v) is 7.26. The third-order valence-corrected chi connectivity index (χ3v) is 4.51. The number of nitrogen functional groups attached to an aromatic ring is 1. The molecule has 20 heavy (non-hydrogen) atoms. The molecule has 0 fully saturated rings. The van der Waals surface area contributed by atoms with Crippen molar-refractivity contribution in [2.24, 2.45) is 0 Å². The summed E-state index contributed by atoms with van der Waals surface area (Å²) in [6, 6.07) is 8.55. The van der Waals surface area contributed by atoms with Crippen LogP contribution in [0, 0.1) is 6.92 Å². The summed E-state index contributed by atoms with van der Waals surface area (Å²) in [6.45, 7) is 1.91. The third kappa shape index (κ3) is 3.08. The van der Waals surface area contributed by atoms with Gasteiger partial charge in [-0.15, -0.1) is 0 Å². The second kappa shape index (κ2) is 6.04. The Morgan fingerprint density at radius 3 is 2.65 bits per heavy atom. The van der Waals surface area contributed by atoms with Crippen LogP contribution < -0.4 is 11.1 Å². The van der Waals surface area contributed by atoms with Gasteiger partial charge in [0, 0.05) is 15.7 Å². The quantitative estimate of drug-likeness (QED) is 0.735. The Morgan fingerprint density at radius 2 is 2.00 bits per heavy atom. The summed E-state index contributed by atoms with van der Waals surface area (Å²) in [5, 5.41) is 3.32. The Kier molecular flexibility index (Phi) is 4.58. The van der Waals surface area contributed by atoms with Crippen LogP contribution in [0.4, 0.5) is 11.4 Å². The van der Waals surface area contributed by atoms with Gasteiger partial charge in [0.2, 0.25) is 0 Å². The zero-order valence-electron chi connectivity index (χ0n) is 10.5. The number of amides is 1.